The Morgan fingerprint density at radius 2 is 2.08 bits per heavy atom. The molecule has 24 heavy (non-hydrogen) atoms. The number of hydrogen-bond donors (Lipinski definition) is 0. The van der Waals surface area contributed by atoms with Crippen molar-refractivity contribution in [3.05, 3.63) is 50.3 Å². The quantitative estimate of drug-likeness (QED) is 0.171. The van der Waals surface area contributed by atoms with E-state index in [2.05, 4.69) is 14.7 Å². The average Bonchev–Trinajstić information content (AvgIpc) is 2.55. The molecule has 0 fully saturated rings. The molecule has 0 saturated heterocycles. The van der Waals surface area contributed by atoms with Crippen LogP contribution in [0, 0.1) is 20.2 Å². The number of rotatable bonds is 12. The molecular formula is C11H13N3O8S2. The molecule has 0 bridgehead atoms. The lowest BCUT2D eigenvalue weighted by molar-refractivity contribution is -0.788. The van der Waals surface area contributed by atoms with Crippen molar-refractivity contribution in [3.8, 4) is 0 Å². The topological polar surface area (TPSA) is 144 Å². The molecule has 0 aliphatic rings. The summed E-state index contributed by atoms with van der Waals surface area (Å²) in [5, 5.41) is 18.3. The summed E-state index contributed by atoms with van der Waals surface area (Å²) in [4.78, 5) is 44.1. The van der Waals surface area contributed by atoms with Crippen LogP contribution in [0.2, 0.25) is 0 Å². The van der Waals surface area contributed by atoms with Gasteiger partial charge in [-0.3, -0.25) is 4.98 Å². The second-order valence-electron chi connectivity index (χ2n) is 3.95. The summed E-state index contributed by atoms with van der Waals surface area (Å²) in [6, 6.07) is 3.19. The Kier molecular flexibility index (Phi) is 9.29. The van der Waals surface area contributed by atoms with Gasteiger partial charge in [-0.1, -0.05) is 21.6 Å². The first kappa shape index (κ1) is 19.8. The minimum absolute atomic E-state index is 0.0933. The van der Waals surface area contributed by atoms with Gasteiger partial charge in [-0.05, 0) is 12.1 Å². The maximum absolute atomic E-state index is 11.6. The molecule has 0 radical (unpaired) electrons. The normalized spacial score (nSPS) is 11.3. The lowest BCUT2D eigenvalue weighted by Gasteiger charge is -2.12. The van der Waals surface area contributed by atoms with Crippen LogP contribution in [0.4, 0.5) is 0 Å². The predicted octanol–water partition coefficient (Wildman–Crippen LogP) is 1.40. The van der Waals surface area contributed by atoms with E-state index in [9.17, 15) is 25.0 Å². The molecule has 0 N–H and O–H groups in total. The zero-order valence-electron chi connectivity index (χ0n) is 12.1. The number of nitrogens with zero attached hydrogens (tertiary/aromatic N) is 3. The number of esters is 1. The van der Waals surface area contributed by atoms with Crippen molar-refractivity contribution < 1.29 is 29.4 Å². The Bertz CT molecular complexity index is 547. The molecule has 0 aromatic carbocycles. The molecular weight excluding hydrogens is 366 g/mol. The number of aromatic nitrogens is 1. The molecule has 0 amide bonds. The van der Waals surface area contributed by atoms with Crippen molar-refractivity contribution in [3.63, 3.8) is 0 Å². The number of hydrogen-bond acceptors (Lipinski definition) is 11. The zero-order valence-corrected chi connectivity index (χ0v) is 13.8. The SMILES string of the molecule is O=C(OCCSSCC(CO[N+](=O)[O-])O[N+](=O)[O-])c1cccnc1. The Morgan fingerprint density at radius 1 is 1.29 bits per heavy atom. The molecule has 0 aliphatic heterocycles. The fraction of sp³-hybridized carbons (Fsp3) is 0.455. The molecule has 0 spiro atoms. The molecule has 1 aromatic heterocycles. The number of ether oxygens (including phenoxy) is 1. The molecule has 132 valence electrons. The van der Waals surface area contributed by atoms with Gasteiger partial charge in [0.2, 0.25) is 0 Å². The molecule has 1 heterocycles. The van der Waals surface area contributed by atoms with Crippen LogP contribution in [0.25, 0.3) is 0 Å². The molecule has 1 atom stereocenters. The van der Waals surface area contributed by atoms with Crippen LogP contribution in [0.1, 0.15) is 10.4 Å². The Balaban J connectivity index is 2.17. The highest BCUT2D eigenvalue weighted by Gasteiger charge is 2.16. The van der Waals surface area contributed by atoms with E-state index >= 15 is 0 Å². The van der Waals surface area contributed by atoms with E-state index in [1.165, 1.54) is 34.0 Å². The van der Waals surface area contributed by atoms with Gasteiger partial charge in [-0.15, -0.1) is 20.2 Å². The Labute approximate surface area is 143 Å². The monoisotopic (exact) mass is 379 g/mol. The van der Waals surface area contributed by atoms with E-state index in [1.807, 2.05) is 0 Å². The van der Waals surface area contributed by atoms with Crippen LogP contribution in [-0.2, 0) is 14.4 Å². The lowest BCUT2D eigenvalue weighted by atomic mass is 10.3. The van der Waals surface area contributed by atoms with Crippen LogP contribution in [0.5, 0.6) is 0 Å². The summed E-state index contributed by atoms with van der Waals surface area (Å²) in [5.74, 6) is 0.0243. The minimum Gasteiger partial charge on any atom is -0.461 e. The highest BCUT2D eigenvalue weighted by atomic mass is 33.1. The first-order valence-corrected chi connectivity index (χ1v) is 8.88. The van der Waals surface area contributed by atoms with Gasteiger partial charge >= 0.3 is 5.97 Å². The summed E-state index contributed by atoms with van der Waals surface area (Å²) < 4.78 is 5.01. The van der Waals surface area contributed by atoms with Gasteiger partial charge in [-0.2, -0.15) is 0 Å². The molecule has 13 heteroatoms. The number of carbonyl (C=O) groups excluding carboxylic acids is 1. The van der Waals surface area contributed by atoms with E-state index in [0.29, 0.717) is 11.3 Å². The van der Waals surface area contributed by atoms with Crippen LogP contribution in [-0.4, -0.2) is 51.9 Å². The van der Waals surface area contributed by atoms with Crippen LogP contribution < -0.4 is 0 Å². The van der Waals surface area contributed by atoms with E-state index < -0.39 is 28.9 Å². The summed E-state index contributed by atoms with van der Waals surface area (Å²) in [7, 11) is 2.46. The first-order valence-electron chi connectivity index (χ1n) is 6.39. The number of pyridine rings is 1. The first-order chi connectivity index (χ1) is 11.5. The molecule has 0 aliphatic carbocycles. The predicted molar refractivity (Wildman–Crippen MR) is 84.2 cm³/mol. The summed E-state index contributed by atoms with van der Waals surface area (Å²) in [6.45, 7) is -0.408. The maximum atomic E-state index is 11.6. The van der Waals surface area contributed by atoms with Crippen molar-refractivity contribution in [2.24, 2.45) is 0 Å². The highest BCUT2D eigenvalue weighted by molar-refractivity contribution is 8.76. The van der Waals surface area contributed by atoms with Crippen LogP contribution in [0.15, 0.2) is 24.5 Å². The second kappa shape index (κ2) is 11.3. The fourth-order valence-corrected chi connectivity index (χ4v) is 3.27. The Hall–Kier alpha value is -2.28. The van der Waals surface area contributed by atoms with Gasteiger partial charge in [0.15, 0.2) is 0 Å². The highest BCUT2D eigenvalue weighted by Crippen LogP contribution is 2.23. The van der Waals surface area contributed by atoms with Gasteiger partial charge < -0.3 is 14.4 Å². The smallest absolute Gasteiger partial charge is 0.339 e. The van der Waals surface area contributed by atoms with Gasteiger partial charge in [0.1, 0.15) is 19.3 Å². The molecule has 1 unspecified atom stereocenters. The van der Waals surface area contributed by atoms with E-state index in [0.717, 1.165) is 0 Å². The maximum Gasteiger partial charge on any atom is 0.339 e. The van der Waals surface area contributed by atoms with Crippen molar-refractivity contribution >= 4 is 27.6 Å². The minimum atomic E-state index is -1.07. The van der Waals surface area contributed by atoms with Crippen molar-refractivity contribution in [1.82, 2.24) is 4.98 Å². The van der Waals surface area contributed by atoms with Crippen molar-refractivity contribution in [2.75, 3.05) is 24.7 Å². The van der Waals surface area contributed by atoms with Gasteiger partial charge in [0, 0.05) is 23.9 Å². The number of carbonyl (C=O) groups is 1. The van der Waals surface area contributed by atoms with Crippen LogP contribution in [0.3, 0.4) is 0 Å². The zero-order chi connectivity index (χ0) is 17.8. The van der Waals surface area contributed by atoms with E-state index in [1.54, 1.807) is 12.1 Å². The second-order valence-corrected chi connectivity index (χ2v) is 6.58. The lowest BCUT2D eigenvalue weighted by Crippen LogP contribution is -2.26. The summed E-state index contributed by atoms with van der Waals surface area (Å²) in [5.41, 5.74) is 0.339. The van der Waals surface area contributed by atoms with E-state index in [-0.39, 0.29) is 12.4 Å². The fourth-order valence-electron chi connectivity index (χ4n) is 1.29. The summed E-state index contributed by atoms with van der Waals surface area (Å²) in [6.07, 6.45) is 1.86. The third kappa shape index (κ3) is 8.99. The Morgan fingerprint density at radius 3 is 2.71 bits per heavy atom. The third-order valence-corrected chi connectivity index (χ3v) is 4.65. The molecule has 1 rings (SSSR count). The van der Waals surface area contributed by atoms with Crippen molar-refractivity contribution in [1.29, 1.82) is 0 Å². The van der Waals surface area contributed by atoms with Gasteiger partial charge in [-0.25, -0.2) is 4.79 Å². The largest absolute Gasteiger partial charge is 0.461 e. The third-order valence-electron chi connectivity index (χ3n) is 2.24. The van der Waals surface area contributed by atoms with Gasteiger partial charge in [0.05, 0.1) is 5.56 Å². The molecule has 11 nitrogen and oxygen atoms in total. The molecule has 0 saturated carbocycles. The summed E-state index contributed by atoms with van der Waals surface area (Å²) >= 11 is 0. The van der Waals surface area contributed by atoms with Gasteiger partial charge in [0.25, 0.3) is 10.2 Å². The standard InChI is InChI=1S/C11H13N3O8S2/c15-11(9-2-1-3-12-6-9)20-4-5-23-24-8-10(22-14(18)19)7-21-13(16)17/h1-3,6,10H,4-5,7-8H2. The van der Waals surface area contributed by atoms with Crippen LogP contribution >= 0.6 is 21.6 Å². The average molecular weight is 379 g/mol. The van der Waals surface area contributed by atoms with E-state index in [4.69, 9.17) is 4.74 Å². The van der Waals surface area contributed by atoms with Crippen molar-refractivity contribution in [2.45, 2.75) is 6.10 Å². The molecule has 1 aromatic rings.